The van der Waals surface area contributed by atoms with Crippen LogP contribution < -0.4 is 4.90 Å². The van der Waals surface area contributed by atoms with Gasteiger partial charge in [0.1, 0.15) is 0 Å². The van der Waals surface area contributed by atoms with Gasteiger partial charge in [0.25, 0.3) is 5.69 Å². The van der Waals surface area contributed by atoms with E-state index in [1.807, 2.05) is 0 Å². The second-order valence-electron chi connectivity index (χ2n) is 4.28. The fourth-order valence-electron chi connectivity index (χ4n) is 2.09. The molecule has 0 saturated heterocycles. The van der Waals surface area contributed by atoms with Crippen molar-refractivity contribution in [3.63, 3.8) is 0 Å². The van der Waals surface area contributed by atoms with Crippen molar-refractivity contribution in [2.45, 2.75) is 25.3 Å². The van der Waals surface area contributed by atoms with E-state index in [0.29, 0.717) is 12.6 Å². The summed E-state index contributed by atoms with van der Waals surface area (Å²) in [5.41, 5.74) is 1.06. The minimum Gasteiger partial charge on any atom is -0.395 e. The minimum atomic E-state index is -0.399. The first-order chi connectivity index (χ1) is 8.22. The Balaban J connectivity index is 2.14. The van der Waals surface area contributed by atoms with E-state index >= 15 is 0 Å². The highest BCUT2D eigenvalue weighted by molar-refractivity contribution is 5.52. The number of nitrogens with zero attached hydrogens (tertiary/aromatic N) is 2. The van der Waals surface area contributed by atoms with Crippen molar-refractivity contribution in [1.29, 1.82) is 0 Å². The van der Waals surface area contributed by atoms with Crippen LogP contribution in [0.4, 0.5) is 11.4 Å². The maximum absolute atomic E-state index is 10.6. The molecule has 17 heavy (non-hydrogen) atoms. The van der Waals surface area contributed by atoms with Crippen LogP contribution >= 0.6 is 0 Å². The highest BCUT2D eigenvalue weighted by atomic mass is 16.6. The van der Waals surface area contributed by atoms with Gasteiger partial charge in [0.15, 0.2) is 0 Å². The molecule has 92 valence electrons. The zero-order chi connectivity index (χ0) is 12.3. The van der Waals surface area contributed by atoms with Crippen LogP contribution in [0.2, 0.25) is 0 Å². The smallest absolute Gasteiger partial charge is 0.269 e. The highest BCUT2D eigenvalue weighted by Crippen LogP contribution is 2.30. The van der Waals surface area contributed by atoms with E-state index in [9.17, 15) is 10.1 Å². The molecule has 5 heteroatoms. The first kappa shape index (κ1) is 11.9. The van der Waals surface area contributed by atoms with E-state index < -0.39 is 4.92 Å². The van der Waals surface area contributed by atoms with Gasteiger partial charge < -0.3 is 10.0 Å². The van der Waals surface area contributed by atoms with Crippen LogP contribution in [0, 0.1) is 10.1 Å². The van der Waals surface area contributed by atoms with Gasteiger partial charge in [0.2, 0.25) is 0 Å². The number of anilines is 1. The van der Waals surface area contributed by atoms with Crippen molar-refractivity contribution in [3.8, 4) is 0 Å². The number of aliphatic hydroxyl groups is 1. The van der Waals surface area contributed by atoms with Gasteiger partial charge >= 0.3 is 0 Å². The largest absolute Gasteiger partial charge is 0.395 e. The van der Waals surface area contributed by atoms with Gasteiger partial charge in [-0.15, -0.1) is 0 Å². The summed E-state index contributed by atoms with van der Waals surface area (Å²) in [6.45, 7) is 0.690. The Morgan fingerprint density at radius 3 is 2.41 bits per heavy atom. The van der Waals surface area contributed by atoms with Crippen molar-refractivity contribution < 1.29 is 10.0 Å². The molecular weight excluding hydrogens is 220 g/mol. The normalized spacial score (nSPS) is 15.4. The predicted molar refractivity (Wildman–Crippen MR) is 65.2 cm³/mol. The highest BCUT2D eigenvalue weighted by Gasteiger charge is 2.24. The van der Waals surface area contributed by atoms with Crippen molar-refractivity contribution in [2.75, 3.05) is 18.1 Å². The lowest BCUT2D eigenvalue weighted by atomic mass is 9.91. The molecule has 0 radical (unpaired) electrons. The van der Waals surface area contributed by atoms with Gasteiger partial charge in [0, 0.05) is 30.4 Å². The average Bonchev–Trinajstić information content (AvgIpc) is 2.26. The Morgan fingerprint density at radius 2 is 2.00 bits per heavy atom. The molecule has 1 aliphatic carbocycles. The Bertz CT molecular complexity index is 387. The van der Waals surface area contributed by atoms with Crippen LogP contribution in [0.3, 0.4) is 0 Å². The van der Waals surface area contributed by atoms with Gasteiger partial charge in [-0.3, -0.25) is 10.1 Å². The maximum Gasteiger partial charge on any atom is 0.269 e. The molecule has 5 nitrogen and oxygen atoms in total. The average molecular weight is 236 g/mol. The molecule has 2 rings (SSSR count). The molecule has 0 heterocycles. The third-order valence-electron chi connectivity index (χ3n) is 3.25. The molecule has 1 aliphatic rings. The molecule has 0 amide bonds. The third-order valence-corrected chi connectivity index (χ3v) is 3.25. The van der Waals surface area contributed by atoms with E-state index in [0.717, 1.165) is 18.5 Å². The monoisotopic (exact) mass is 236 g/mol. The van der Waals surface area contributed by atoms with E-state index in [4.69, 9.17) is 5.11 Å². The molecule has 1 fully saturated rings. The molecule has 1 saturated carbocycles. The van der Waals surface area contributed by atoms with E-state index in [-0.39, 0.29) is 12.3 Å². The lowest BCUT2D eigenvalue weighted by molar-refractivity contribution is -0.384. The first-order valence-electron chi connectivity index (χ1n) is 5.84. The fraction of sp³-hybridized carbons (Fsp3) is 0.500. The number of benzene rings is 1. The zero-order valence-electron chi connectivity index (χ0n) is 9.58. The van der Waals surface area contributed by atoms with Crippen LogP contribution in [-0.2, 0) is 0 Å². The van der Waals surface area contributed by atoms with Crippen molar-refractivity contribution in [3.05, 3.63) is 34.4 Å². The van der Waals surface area contributed by atoms with E-state index in [1.165, 1.54) is 18.6 Å². The summed E-state index contributed by atoms with van der Waals surface area (Å²) < 4.78 is 0. The Kier molecular flexibility index (Phi) is 3.58. The Hall–Kier alpha value is -1.62. The lowest BCUT2D eigenvalue weighted by Gasteiger charge is -2.39. The number of non-ortho nitro benzene ring substituents is 1. The summed E-state index contributed by atoms with van der Waals surface area (Å²) in [6, 6.07) is 7.01. The molecule has 0 bridgehead atoms. The Labute approximate surface area is 99.8 Å². The fourth-order valence-corrected chi connectivity index (χ4v) is 2.09. The predicted octanol–water partition coefficient (Wildman–Crippen LogP) is 1.95. The number of rotatable bonds is 5. The summed E-state index contributed by atoms with van der Waals surface area (Å²) in [5.74, 6) is 0. The minimum absolute atomic E-state index is 0.103. The molecule has 1 N–H and O–H groups in total. The summed E-state index contributed by atoms with van der Waals surface area (Å²) in [4.78, 5) is 12.3. The molecule has 1 aromatic rings. The van der Waals surface area contributed by atoms with Gasteiger partial charge in [-0.1, -0.05) is 0 Å². The second-order valence-corrected chi connectivity index (χ2v) is 4.28. The molecule has 1 aromatic carbocycles. The maximum atomic E-state index is 10.6. The summed E-state index contributed by atoms with van der Waals surface area (Å²) in [7, 11) is 0. The van der Waals surface area contributed by atoms with Crippen LogP contribution in [0.25, 0.3) is 0 Å². The Morgan fingerprint density at radius 1 is 1.35 bits per heavy atom. The third kappa shape index (κ3) is 2.55. The van der Waals surface area contributed by atoms with E-state index in [1.54, 1.807) is 12.1 Å². The van der Waals surface area contributed by atoms with Crippen molar-refractivity contribution in [2.24, 2.45) is 0 Å². The van der Waals surface area contributed by atoms with Gasteiger partial charge in [-0.2, -0.15) is 0 Å². The molecule has 0 unspecified atom stereocenters. The molecule has 0 aliphatic heterocycles. The van der Waals surface area contributed by atoms with Gasteiger partial charge in [-0.05, 0) is 31.4 Å². The van der Waals surface area contributed by atoms with Gasteiger partial charge in [0.05, 0.1) is 11.5 Å². The van der Waals surface area contributed by atoms with Crippen LogP contribution in [-0.4, -0.2) is 29.2 Å². The summed E-state index contributed by atoms with van der Waals surface area (Å²) in [5, 5.41) is 19.6. The number of nitro benzene ring substituents is 1. The lowest BCUT2D eigenvalue weighted by Crippen LogP contribution is -2.41. The molecule has 0 atom stereocenters. The number of nitro groups is 1. The SMILES string of the molecule is O=[N+]([O-])c1ccc(N(CCO)C2CCC2)cc1. The number of aliphatic hydroxyl groups excluding tert-OH is 1. The molecule has 0 aromatic heterocycles. The second kappa shape index (κ2) is 5.14. The summed E-state index contributed by atoms with van der Waals surface area (Å²) >= 11 is 0. The number of hydrogen-bond donors (Lipinski definition) is 1. The number of hydrogen-bond acceptors (Lipinski definition) is 4. The van der Waals surface area contributed by atoms with Crippen molar-refractivity contribution >= 4 is 11.4 Å². The van der Waals surface area contributed by atoms with E-state index in [2.05, 4.69) is 4.90 Å². The van der Waals surface area contributed by atoms with Crippen molar-refractivity contribution in [1.82, 2.24) is 0 Å². The van der Waals surface area contributed by atoms with Crippen LogP contribution in [0.15, 0.2) is 24.3 Å². The molecular formula is C12H16N2O3. The van der Waals surface area contributed by atoms with Gasteiger partial charge in [-0.25, -0.2) is 0 Å². The van der Waals surface area contributed by atoms with Crippen LogP contribution in [0.1, 0.15) is 19.3 Å². The first-order valence-corrected chi connectivity index (χ1v) is 5.84. The molecule has 0 spiro atoms. The topological polar surface area (TPSA) is 66.6 Å². The summed E-state index contributed by atoms with van der Waals surface area (Å²) in [6.07, 6.45) is 3.49. The quantitative estimate of drug-likeness (QED) is 0.626. The van der Waals surface area contributed by atoms with Crippen LogP contribution in [0.5, 0.6) is 0 Å². The standard InChI is InChI=1S/C12H16N2O3/c15-9-8-13(10-2-1-3-10)11-4-6-12(7-5-11)14(16)17/h4-7,10,15H,1-3,8-9H2. The zero-order valence-corrected chi connectivity index (χ0v) is 9.58.